The number of Topliss-reactive ketones (excluding diaryl/α,β-unsaturated/α-hetero) is 1. The summed E-state index contributed by atoms with van der Waals surface area (Å²) in [5.41, 5.74) is 1.83. The predicted octanol–water partition coefficient (Wildman–Crippen LogP) is 3.04. The highest BCUT2D eigenvalue weighted by atomic mass is 79.9. The molecular formula is C15H21BrN2O. The van der Waals surface area contributed by atoms with E-state index >= 15 is 0 Å². The normalized spacial score (nSPS) is 19.7. The van der Waals surface area contributed by atoms with Crippen LogP contribution < -0.4 is 4.90 Å². The summed E-state index contributed by atoms with van der Waals surface area (Å²) in [6.07, 6.45) is 1.24. The van der Waals surface area contributed by atoms with E-state index in [0.717, 1.165) is 28.8 Å². The maximum atomic E-state index is 11.8. The van der Waals surface area contributed by atoms with Crippen LogP contribution in [0.5, 0.6) is 0 Å². The lowest BCUT2D eigenvalue weighted by molar-refractivity contribution is 0.101. The van der Waals surface area contributed by atoms with Crippen LogP contribution in [0.1, 0.15) is 23.7 Å². The van der Waals surface area contributed by atoms with Gasteiger partial charge in [-0.15, -0.1) is 0 Å². The van der Waals surface area contributed by atoms with Crippen molar-refractivity contribution in [3.05, 3.63) is 28.2 Å². The van der Waals surface area contributed by atoms with Gasteiger partial charge in [0, 0.05) is 35.9 Å². The second-order valence-corrected chi connectivity index (χ2v) is 6.43. The number of likely N-dealkylation sites (tertiary alicyclic amines) is 1. The molecule has 3 nitrogen and oxygen atoms in total. The van der Waals surface area contributed by atoms with Crippen molar-refractivity contribution in [3.8, 4) is 0 Å². The van der Waals surface area contributed by atoms with E-state index in [1.165, 1.54) is 13.0 Å². The van der Waals surface area contributed by atoms with Crippen LogP contribution in [0.2, 0.25) is 0 Å². The lowest BCUT2D eigenvalue weighted by atomic mass is 10.1. The number of anilines is 1. The summed E-state index contributed by atoms with van der Waals surface area (Å²) >= 11 is 3.43. The van der Waals surface area contributed by atoms with Gasteiger partial charge in [-0.2, -0.15) is 0 Å². The summed E-state index contributed by atoms with van der Waals surface area (Å²) in [7, 11) is 4.24. The van der Waals surface area contributed by atoms with Crippen molar-refractivity contribution in [1.29, 1.82) is 0 Å². The molecule has 1 fully saturated rings. The molecule has 0 spiro atoms. The first-order chi connectivity index (χ1) is 8.97. The number of ketones is 1. The van der Waals surface area contributed by atoms with E-state index in [1.54, 1.807) is 6.92 Å². The summed E-state index contributed by atoms with van der Waals surface area (Å²) < 4.78 is 0.954. The molecule has 1 aliphatic rings. The maximum absolute atomic E-state index is 11.8. The zero-order valence-electron chi connectivity index (χ0n) is 11.8. The molecule has 0 bridgehead atoms. The second kappa shape index (κ2) is 6.06. The van der Waals surface area contributed by atoms with Crippen molar-refractivity contribution in [1.82, 2.24) is 4.90 Å². The highest BCUT2D eigenvalue weighted by molar-refractivity contribution is 9.10. The minimum Gasteiger partial charge on any atom is -0.374 e. The van der Waals surface area contributed by atoms with Gasteiger partial charge in [0.15, 0.2) is 5.78 Å². The Labute approximate surface area is 123 Å². The number of hydrogen-bond donors (Lipinski definition) is 0. The summed E-state index contributed by atoms with van der Waals surface area (Å²) in [5, 5.41) is 0. The van der Waals surface area contributed by atoms with Crippen molar-refractivity contribution in [2.24, 2.45) is 5.92 Å². The number of carbonyl (C=O) groups excluding carboxylic acids is 1. The second-order valence-electron chi connectivity index (χ2n) is 5.52. The maximum Gasteiger partial charge on any atom is 0.161 e. The molecule has 104 valence electrons. The standard InChI is InChI=1S/C15H21BrN2O/c1-11(19)14-8-13(16)4-5-15(14)18(3)10-12-6-7-17(2)9-12/h4-5,8,12H,6-7,9-10H2,1-3H3. The van der Waals surface area contributed by atoms with Crippen LogP contribution in [0.15, 0.2) is 22.7 Å². The van der Waals surface area contributed by atoms with Gasteiger partial charge in [-0.3, -0.25) is 4.79 Å². The fourth-order valence-corrected chi connectivity index (χ4v) is 3.15. The van der Waals surface area contributed by atoms with Gasteiger partial charge in [-0.1, -0.05) is 15.9 Å². The number of rotatable bonds is 4. The smallest absolute Gasteiger partial charge is 0.161 e. The summed E-state index contributed by atoms with van der Waals surface area (Å²) in [6, 6.07) is 5.94. The Morgan fingerprint density at radius 3 is 2.84 bits per heavy atom. The van der Waals surface area contributed by atoms with Gasteiger partial charge in [0.2, 0.25) is 0 Å². The number of nitrogens with zero attached hydrogens (tertiary/aromatic N) is 2. The van der Waals surface area contributed by atoms with Crippen LogP contribution in [0.25, 0.3) is 0 Å². The fourth-order valence-electron chi connectivity index (χ4n) is 2.78. The van der Waals surface area contributed by atoms with E-state index in [0.29, 0.717) is 5.92 Å². The first kappa shape index (κ1) is 14.5. The van der Waals surface area contributed by atoms with Gasteiger partial charge in [-0.05, 0) is 51.1 Å². The van der Waals surface area contributed by atoms with Gasteiger partial charge in [0.25, 0.3) is 0 Å². The molecule has 0 amide bonds. The third kappa shape index (κ3) is 3.57. The van der Waals surface area contributed by atoms with Gasteiger partial charge >= 0.3 is 0 Å². The van der Waals surface area contributed by atoms with Crippen LogP contribution in [-0.2, 0) is 0 Å². The van der Waals surface area contributed by atoms with Crippen molar-refractivity contribution in [2.45, 2.75) is 13.3 Å². The molecule has 1 saturated heterocycles. The number of halogens is 1. The van der Waals surface area contributed by atoms with Crippen LogP contribution >= 0.6 is 15.9 Å². The molecule has 19 heavy (non-hydrogen) atoms. The summed E-state index contributed by atoms with van der Waals surface area (Å²) in [5.74, 6) is 0.810. The van der Waals surface area contributed by atoms with E-state index in [2.05, 4.69) is 39.8 Å². The predicted molar refractivity (Wildman–Crippen MR) is 83.0 cm³/mol. The Kier molecular flexibility index (Phi) is 4.63. The molecule has 1 unspecified atom stereocenters. The van der Waals surface area contributed by atoms with Crippen molar-refractivity contribution >= 4 is 27.4 Å². The first-order valence-corrected chi connectivity index (χ1v) is 7.47. The van der Waals surface area contributed by atoms with Crippen molar-refractivity contribution in [2.75, 3.05) is 38.6 Å². The van der Waals surface area contributed by atoms with E-state index in [-0.39, 0.29) is 5.78 Å². The molecule has 0 saturated carbocycles. The summed E-state index contributed by atoms with van der Waals surface area (Å²) in [4.78, 5) is 16.3. The topological polar surface area (TPSA) is 23.6 Å². The quantitative estimate of drug-likeness (QED) is 0.795. The molecule has 1 aromatic carbocycles. The lowest BCUT2D eigenvalue weighted by Gasteiger charge is -2.25. The van der Waals surface area contributed by atoms with E-state index in [4.69, 9.17) is 0 Å². The zero-order chi connectivity index (χ0) is 14.0. The highest BCUT2D eigenvalue weighted by Gasteiger charge is 2.22. The van der Waals surface area contributed by atoms with E-state index < -0.39 is 0 Å². The molecule has 0 aromatic heterocycles. The largest absolute Gasteiger partial charge is 0.374 e. The average molecular weight is 325 g/mol. The molecule has 0 aliphatic carbocycles. The van der Waals surface area contributed by atoms with Crippen molar-refractivity contribution in [3.63, 3.8) is 0 Å². The number of carbonyl (C=O) groups is 1. The minimum absolute atomic E-state index is 0.117. The van der Waals surface area contributed by atoms with Gasteiger partial charge < -0.3 is 9.80 Å². The fraction of sp³-hybridized carbons (Fsp3) is 0.533. The first-order valence-electron chi connectivity index (χ1n) is 6.67. The molecule has 1 aliphatic heterocycles. The van der Waals surface area contributed by atoms with Gasteiger partial charge in [-0.25, -0.2) is 0 Å². The molecule has 1 atom stereocenters. The van der Waals surface area contributed by atoms with Gasteiger partial charge in [0.1, 0.15) is 0 Å². The lowest BCUT2D eigenvalue weighted by Crippen LogP contribution is -2.28. The van der Waals surface area contributed by atoms with E-state index in [9.17, 15) is 4.79 Å². The Balaban J connectivity index is 2.14. The minimum atomic E-state index is 0.117. The van der Waals surface area contributed by atoms with E-state index in [1.807, 2.05) is 18.2 Å². The Bertz CT molecular complexity index is 475. The molecule has 1 heterocycles. The van der Waals surface area contributed by atoms with Crippen molar-refractivity contribution < 1.29 is 4.79 Å². The molecular weight excluding hydrogens is 304 g/mol. The molecule has 4 heteroatoms. The molecule has 0 N–H and O–H groups in total. The average Bonchev–Trinajstić information content (AvgIpc) is 2.74. The van der Waals surface area contributed by atoms with Crippen LogP contribution in [-0.4, -0.2) is 44.4 Å². The van der Waals surface area contributed by atoms with Crippen LogP contribution in [0.4, 0.5) is 5.69 Å². The number of benzene rings is 1. The third-order valence-corrected chi connectivity index (χ3v) is 4.26. The molecule has 0 radical (unpaired) electrons. The molecule has 1 aromatic rings. The monoisotopic (exact) mass is 324 g/mol. The summed E-state index contributed by atoms with van der Waals surface area (Å²) in [6.45, 7) is 4.96. The SMILES string of the molecule is CC(=O)c1cc(Br)ccc1N(C)CC1CCN(C)C1. The van der Waals surface area contributed by atoms with Gasteiger partial charge in [0.05, 0.1) is 0 Å². The third-order valence-electron chi connectivity index (χ3n) is 3.77. The Hall–Kier alpha value is -0.870. The highest BCUT2D eigenvalue weighted by Crippen LogP contribution is 2.26. The zero-order valence-corrected chi connectivity index (χ0v) is 13.4. The number of hydrogen-bond acceptors (Lipinski definition) is 3. The van der Waals surface area contributed by atoms with Crippen LogP contribution in [0.3, 0.4) is 0 Å². The Morgan fingerprint density at radius 1 is 1.53 bits per heavy atom. The Morgan fingerprint density at radius 2 is 2.26 bits per heavy atom. The molecule has 2 rings (SSSR count). The van der Waals surface area contributed by atoms with Crippen LogP contribution in [0, 0.1) is 5.92 Å².